The van der Waals surface area contributed by atoms with E-state index in [0.717, 1.165) is 12.2 Å². The number of rotatable bonds is 5. The summed E-state index contributed by atoms with van der Waals surface area (Å²) < 4.78 is 11.0. The van der Waals surface area contributed by atoms with Gasteiger partial charge in [-0.05, 0) is 46.2 Å². The third kappa shape index (κ3) is 6.71. The van der Waals surface area contributed by atoms with Gasteiger partial charge in [0.15, 0.2) is 0 Å². The first kappa shape index (κ1) is 21.0. The minimum Gasteiger partial charge on any atom is -0.481 e. The Balaban J connectivity index is 2.20. The Labute approximate surface area is 159 Å². The van der Waals surface area contributed by atoms with Gasteiger partial charge in [-0.2, -0.15) is 0 Å². The van der Waals surface area contributed by atoms with Crippen LogP contribution in [0.4, 0.5) is 10.5 Å². The van der Waals surface area contributed by atoms with Crippen molar-refractivity contribution in [2.45, 2.75) is 58.3 Å². The minimum absolute atomic E-state index is 0.265. The van der Waals surface area contributed by atoms with Gasteiger partial charge in [0.25, 0.3) is 0 Å². The zero-order valence-electron chi connectivity index (χ0n) is 16.6. The van der Waals surface area contributed by atoms with Crippen LogP contribution in [0.5, 0.6) is 0 Å². The Bertz CT molecular complexity index is 684. The van der Waals surface area contributed by atoms with E-state index in [1.165, 1.54) is 0 Å². The van der Waals surface area contributed by atoms with Gasteiger partial charge in [-0.25, -0.2) is 4.79 Å². The number of hydrogen-bond donors (Lipinski definition) is 2. The van der Waals surface area contributed by atoms with Gasteiger partial charge in [-0.3, -0.25) is 9.78 Å². The number of carboxylic acids is 1. The number of hydrogen-bond acceptors (Lipinski definition) is 6. The Hall–Kier alpha value is -2.35. The standard InChI is InChI=1S/C19H29N3O5/c1-18(2,3)27-17(25)21-15(9-16(23)24)13-8-14(11-20-10-13)22-6-7-26-19(4,5)12-22/h8,10-11,15H,6-7,9,12H2,1-5H3,(H,21,25)(H,23,24). The third-order valence-electron chi connectivity index (χ3n) is 4.01. The summed E-state index contributed by atoms with van der Waals surface area (Å²) >= 11 is 0. The van der Waals surface area contributed by atoms with Crippen LogP contribution in [0.3, 0.4) is 0 Å². The van der Waals surface area contributed by atoms with E-state index in [1.807, 2.05) is 19.9 Å². The number of carbonyl (C=O) groups excluding carboxylic acids is 1. The molecule has 1 aliphatic heterocycles. The number of carboxylic acid groups (broad SMARTS) is 1. The van der Waals surface area contributed by atoms with Gasteiger partial charge in [-0.15, -0.1) is 0 Å². The SMILES string of the molecule is CC(C)(C)OC(=O)NC(CC(=O)O)c1cncc(N2CCOC(C)(C)C2)c1. The molecule has 1 saturated heterocycles. The number of morpholine rings is 1. The molecule has 1 atom stereocenters. The number of amides is 1. The van der Waals surface area contributed by atoms with Gasteiger partial charge in [0.1, 0.15) is 5.60 Å². The topological polar surface area (TPSA) is 101 Å². The Kier molecular flexibility index (Phi) is 6.30. The molecule has 0 bridgehead atoms. The van der Waals surface area contributed by atoms with Crippen LogP contribution in [0.15, 0.2) is 18.5 Å². The van der Waals surface area contributed by atoms with E-state index in [2.05, 4.69) is 15.2 Å². The molecule has 0 radical (unpaired) electrons. The lowest BCUT2D eigenvalue weighted by molar-refractivity contribution is -0.137. The maximum Gasteiger partial charge on any atom is 0.408 e. The van der Waals surface area contributed by atoms with Crippen molar-refractivity contribution in [3.8, 4) is 0 Å². The van der Waals surface area contributed by atoms with E-state index in [4.69, 9.17) is 9.47 Å². The van der Waals surface area contributed by atoms with Gasteiger partial charge >= 0.3 is 12.1 Å². The lowest BCUT2D eigenvalue weighted by Crippen LogP contribution is -2.48. The van der Waals surface area contributed by atoms with Crippen LogP contribution in [0.1, 0.15) is 52.6 Å². The number of alkyl carbamates (subject to hydrolysis) is 1. The summed E-state index contributed by atoms with van der Waals surface area (Å²) in [6, 6.07) is 1.12. The number of pyridine rings is 1. The molecule has 0 spiro atoms. The van der Waals surface area contributed by atoms with Crippen molar-refractivity contribution < 1.29 is 24.2 Å². The predicted molar refractivity (Wildman–Crippen MR) is 101 cm³/mol. The first-order valence-corrected chi connectivity index (χ1v) is 9.00. The van der Waals surface area contributed by atoms with Gasteiger partial charge < -0.3 is 24.8 Å². The van der Waals surface area contributed by atoms with E-state index in [-0.39, 0.29) is 12.0 Å². The predicted octanol–water partition coefficient (Wildman–Crippen LogP) is 2.74. The van der Waals surface area contributed by atoms with E-state index in [0.29, 0.717) is 18.7 Å². The molecule has 150 valence electrons. The van der Waals surface area contributed by atoms with E-state index in [1.54, 1.807) is 33.2 Å². The van der Waals surface area contributed by atoms with Gasteiger partial charge in [0, 0.05) is 19.3 Å². The Morgan fingerprint density at radius 1 is 1.41 bits per heavy atom. The molecule has 0 aliphatic carbocycles. The zero-order valence-corrected chi connectivity index (χ0v) is 16.6. The van der Waals surface area contributed by atoms with Crippen molar-refractivity contribution in [2.24, 2.45) is 0 Å². The second-order valence-electron chi connectivity index (χ2n) is 8.30. The monoisotopic (exact) mass is 379 g/mol. The lowest BCUT2D eigenvalue weighted by Gasteiger charge is -2.39. The summed E-state index contributed by atoms with van der Waals surface area (Å²) in [5.41, 5.74) is 0.538. The van der Waals surface area contributed by atoms with Gasteiger partial charge in [0.2, 0.25) is 0 Å². The molecular formula is C19H29N3O5. The summed E-state index contributed by atoms with van der Waals surface area (Å²) in [5, 5.41) is 11.9. The molecule has 27 heavy (non-hydrogen) atoms. The van der Waals surface area contributed by atoms with Crippen LogP contribution in [-0.4, -0.2) is 53.1 Å². The molecule has 0 aromatic carbocycles. The molecule has 8 nitrogen and oxygen atoms in total. The fraction of sp³-hybridized carbons (Fsp3) is 0.632. The molecule has 1 amide bonds. The highest BCUT2D eigenvalue weighted by atomic mass is 16.6. The second kappa shape index (κ2) is 8.12. The molecule has 1 aliphatic rings. The summed E-state index contributed by atoms with van der Waals surface area (Å²) in [4.78, 5) is 29.8. The van der Waals surface area contributed by atoms with E-state index in [9.17, 15) is 14.7 Å². The molecule has 2 N–H and O–H groups in total. The van der Waals surface area contributed by atoms with Gasteiger partial charge in [-0.1, -0.05) is 0 Å². The number of carbonyl (C=O) groups is 2. The first-order valence-electron chi connectivity index (χ1n) is 9.00. The van der Waals surface area contributed by atoms with Crippen molar-refractivity contribution >= 4 is 17.7 Å². The van der Waals surface area contributed by atoms with Gasteiger partial charge in [0.05, 0.1) is 36.6 Å². The number of aliphatic carboxylic acids is 1. The number of aromatic nitrogens is 1. The molecule has 1 unspecified atom stereocenters. The average molecular weight is 379 g/mol. The number of nitrogens with one attached hydrogen (secondary N) is 1. The number of ether oxygens (including phenoxy) is 2. The molecule has 2 heterocycles. The van der Waals surface area contributed by atoms with Crippen LogP contribution in [-0.2, 0) is 14.3 Å². The number of anilines is 1. The fourth-order valence-corrected chi connectivity index (χ4v) is 2.92. The van der Waals surface area contributed by atoms with Crippen molar-refractivity contribution in [2.75, 3.05) is 24.6 Å². The summed E-state index contributed by atoms with van der Waals surface area (Å²) in [6.45, 7) is 11.3. The summed E-state index contributed by atoms with van der Waals surface area (Å²) in [7, 11) is 0. The van der Waals surface area contributed by atoms with Crippen LogP contribution in [0.2, 0.25) is 0 Å². The zero-order chi connectivity index (χ0) is 20.2. The Morgan fingerprint density at radius 3 is 2.70 bits per heavy atom. The maximum atomic E-state index is 12.1. The highest BCUT2D eigenvalue weighted by molar-refractivity contribution is 5.72. The first-order chi connectivity index (χ1) is 12.5. The van der Waals surface area contributed by atoms with Crippen LogP contribution in [0, 0.1) is 0 Å². The summed E-state index contributed by atoms with van der Waals surface area (Å²) in [6.07, 6.45) is 2.38. The normalized spacial score (nSPS) is 17.9. The molecule has 1 fully saturated rings. The van der Waals surface area contributed by atoms with Crippen LogP contribution >= 0.6 is 0 Å². The largest absolute Gasteiger partial charge is 0.481 e. The highest BCUT2D eigenvalue weighted by Crippen LogP contribution is 2.26. The third-order valence-corrected chi connectivity index (χ3v) is 4.01. The minimum atomic E-state index is -1.02. The second-order valence-corrected chi connectivity index (χ2v) is 8.30. The average Bonchev–Trinajstić information content (AvgIpc) is 2.51. The quantitative estimate of drug-likeness (QED) is 0.811. The molecule has 1 aromatic heterocycles. The summed E-state index contributed by atoms with van der Waals surface area (Å²) in [5.74, 6) is -1.02. The molecule has 1 aromatic rings. The number of nitrogens with zero attached hydrogens (tertiary/aromatic N) is 2. The van der Waals surface area contributed by atoms with Crippen molar-refractivity contribution in [1.29, 1.82) is 0 Å². The van der Waals surface area contributed by atoms with Crippen LogP contribution < -0.4 is 10.2 Å². The van der Waals surface area contributed by atoms with Crippen molar-refractivity contribution in [1.82, 2.24) is 10.3 Å². The van der Waals surface area contributed by atoms with Crippen molar-refractivity contribution in [3.63, 3.8) is 0 Å². The molecule has 2 rings (SSSR count). The van der Waals surface area contributed by atoms with E-state index < -0.39 is 23.7 Å². The molecule has 0 saturated carbocycles. The van der Waals surface area contributed by atoms with Crippen LogP contribution in [0.25, 0.3) is 0 Å². The van der Waals surface area contributed by atoms with Crippen molar-refractivity contribution in [3.05, 3.63) is 24.0 Å². The van der Waals surface area contributed by atoms with E-state index >= 15 is 0 Å². The smallest absolute Gasteiger partial charge is 0.408 e. The Morgan fingerprint density at radius 2 is 2.11 bits per heavy atom. The lowest BCUT2D eigenvalue weighted by atomic mass is 10.0. The molecule has 8 heteroatoms. The highest BCUT2D eigenvalue weighted by Gasteiger charge is 2.28. The maximum absolute atomic E-state index is 12.1. The molecular weight excluding hydrogens is 350 g/mol. The fourth-order valence-electron chi connectivity index (χ4n) is 2.92.